The normalized spacial score (nSPS) is 11.4. The van der Waals surface area contributed by atoms with E-state index in [1.54, 1.807) is 48.5 Å². The lowest BCUT2D eigenvalue weighted by Gasteiger charge is -2.11. The predicted octanol–water partition coefficient (Wildman–Crippen LogP) is 3.51. The summed E-state index contributed by atoms with van der Waals surface area (Å²) in [6.45, 7) is 1.78. The number of halogens is 1. The van der Waals surface area contributed by atoms with Gasteiger partial charge in [-0.25, -0.2) is 9.59 Å². The Balaban J connectivity index is 1.82. The summed E-state index contributed by atoms with van der Waals surface area (Å²) in [4.78, 5) is 22.5. The van der Waals surface area contributed by atoms with Crippen LogP contribution < -0.4 is 15.4 Å². The van der Waals surface area contributed by atoms with Gasteiger partial charge in [0.25, 0.3) is 0 Å². The molecule has 2 rings (SSSR count). The number of carbonyl (C=O) groups excluding carboxylic acids is 1. The van der Waals surface area contributed by atoms with Crippen LogP contribution in [0.5, 0.6) is 5.75 Å². The molecular formula is C17H17ClN2O4. The summed E-state index contributed by atoms with van der Waals surface area (Å²) in [5, 5.41) is 14.8. The van der Waals surface area contributed by atoms with Gasteiger partial charge in [0.15, 0.2) is 6.10 Å². The number of carbonyl (C=O) groups is 2. The van der Waals surface area contributed by atoms with Crippen molar-refractivity contribution < 1.29 is 19.4 Å². The summed E-state index contributed by atoms with van der Waals surface area (Å²) >= 11 is 5.78. The van der Waals surface area contributed by atoms with E-state index in [0.29, 0.717) is 23.0 Å². The van der Waals surface area contributed by atoms with Crippen LogP contribution in [-0.2, 0) is 11.3 Å². The summed E-state index contributed by atoms with van der Waals surface area (Å²) in [5.74, 6) is -0.570. The molecule has 6 nitrogen and oxygen atoms in total. The summed E-state index contributed by atoms with van der Waals surface area (Å²) in [6, 6.07) is 13.3. The first-order valence-corrected chi connectivity index (χ1v) is 7.60. The van der Waals surface area contributed by atoms with Gasteiger partial charge in [-0.1, -0.05) is 23.7 Å². The van der Waals surface area contributed by atoms with Gasteiger partial charge >= 0.3 is 12.0 Å². The smallest absolute Gasteiger partial charge is 0.344 e. The molecule has 0 aliphatic carbocycles. The van der Waals surface area contributed by atoms with E-state index in [9.17, 15) is 9.59 Å². The molecule has 0 fully saturated rings. The number of carboxylic acids is 1. The minimum Gasteiger partial charge on any atom is -0.479 e. The fraction of sp³-hybridized carbons (Fsp3) is 0.176. The molecule has 0 heterocycles. The monoisotopic (exact) mass is 348 g/mol. The van der Waals surface area contributed by atoms with Gasteiger partial charge < -0.3 is 20.5 Å². The second kappa shape index (κ2) is 8.21. The molecule has 0 aromatic heterocycles. The van der Waals surface area contributed by atoms with Crippen molar-refractivity contribution in [1.29, 1.82) is 0 Å². The van der Waals surface area contributed by atoms with Gasteiger partial charge in [0, 0.05) is 17.3 Å². The van der Waals surface area contributed by atoms with Crippen molar-refractivity contribution in [3.8, 4) is 5.75 Å². The molecule has 1 atom stereocenters. The van der Waals surface area contributed by atoms with Crippen LogP contribution in [0.4, 0.5) is 10.5 Å². The maximum Gasteiger partial charge on any atom is 0.344 e. The van der Waals surface area contributed by atoms with E-state index in [-0.39, 0.29) is 6.03 Å². The van der Waals surface area contributed by atoms with E-state index in [4.69, 9.17) is 21.4 Å². The molecule has 2 aromatic carbocycles. The van der Waals surface area contributed by atoms with E-state index < -0.39 is 12.1 Å². The molecule has 2 amide bonds. The SMILES string of the molecule is CC(Oc1ccc(CNC(=O)Nc2ccc(Cl)cc2)cc1)C(=O)O. The van der Waals surface area contributed by atoms with Crippen molar-refractivity contribution in [2.24, 2.45) is 0 Å². The highest BCUT2D eigenvalue weighted by Gasteiger charge is 2.12. The van der Waals surface area contributed by atoms with Crippen LogP contribution in [0.25, 0.3) is 0 Å². The fourth-order valence-corrected chi connectivity index (χ4v) is 1.96. The van der Waals surface area contributed by atoms with Crippen LogP contribution in [0.1, 0.15) is 12.5 Å². The number of rotatable bonds is 6. The number of amides is 2. The molecular weight excluding hydrogens is 332 g/mol. The van der Waals surface area contributed by atoms with Gasteiger partial charge in [0.05, 0.1) is 0 Å². The molecule has 0 spiro atoms. The maximum atomic E-state index is 11.8. The second-order valence-corrected chi connectivity index (χ2v) is 5.49. The average Bonchev–Trinajstić information content (AvgIpc) is 2.56. The zero-order chi connectivity index (χ0) is 17.5. The number of ether oxygens (including phenoxy) is 1. The first-order chi connectivity index (χ1) is 11.4. The van der Waals surface area contributed by atoms with Crippen LogP contribution in [0.2, 0.25) is 5.02 Å². The lowest BCUT2D eigenvalue weighted by Crippen LogP contribution is -2.28. The Kier molecular flexibility index (Phi) is 6.03. The molecule has 0 aliphatic rings. The number of aliphatic carboxylic acids is 1. The van der Waals surface area contributed by atoms with Crippen molar-refractivity contribution in [2.75, 3.05) is 5.32 Å². The Morgan fingerprint density at radius 2 is 1.75 bits per heavy atom. The lowest BCUT2D eigenvalue weighted by molar-refractivity contribution is -0.144. The third-order valence-corrected chi connectivity index (χ3v) is 3.39. The van der Waals surface area contributed by atoms with Crippen LogP contribution in [0.3, 0.4) is 0 Å². The molecule has 126 valence electrons. The zero-order valence-corrected chi connectivity index (χ0v) is 13.7. The first kappa shape index (κ1) is 17.6. The summed E-state index contributed by atoms with van der Waals surface area (Å²) in [5.41, 5.74) is 1.50. The molecule has 0 radical (unpaired) electrons. The second-order valence-electron chi connectivity index (χ2n) is 5.06. The van der Waals surface area contributed by atoms with Gasteiger partial charge in [-0.2, -0.15) is 0 Å². The van der Waals surface area contributed by atoms with Crippen LogP contribution >= 0.6 is 11.6 Å². The number of anilines is 1. The molecule has 0 bridgehead atoms. The van der Waals surface area contributed by atoms with E-state index in [0.717, 1.165) is 5.56 Å². The first-order valence-electron chi connectivity index (χ1n) is 7.23. The van der Waals surface area contributed by atoms with Crippen molar-refractivity contribution in [3.63, 3.8) is 0 Å². The predicted molar refractivity (Wildman–Crippen MR) is 91.5 cm³/mol. The Hall–Kier alpha value is -2.73. The van der Waals surface area contributed by atoms with E-state index in [1.165, 1.54) is 6.92 Å². The number of benzene rings is 2. The maximum absolute atomic E-state index is 11.8. The van der Waals surface area contributed by atoms with E-state index in [2.05, 4.69) is 10.6 Å². The Labute approximate surface area is 144 Å². The summed E-state index contributed by atoms with van der Waals surface area (Å²) in [7, 11) is 0. The van der Waals surface area contributed by atoms with Crippen LogP contribution in [-0.4, -0.2) is 23.2 Å². The minimum absolute atomic E-state index is 0.328. The number of hydrogen-bond acceptors (Lipinski definition) is 3. The highest BCUT2D eigenvalue weighted by Crippen LogP contribution is 2.15. The quantitative estimate of drug-likeness (QED) is 0.745. The van der Waals surface area contributed by atoms with Gasteiger partial charge in [-0.15, -0.1) is 0 Å². The Morgan fingerprint density at radius 1 is 1.12 bits per heavy atom. The number of nitrogens with one attached hydrogen (secondary N) is 2. The molecule has 0 saturated carbocycles. The van der Waals surface area contributed by atoms with Crippen LogP contribution in [0, 0.1) is 0 Å². The van der Waals surface area contributed by atoms with Gasteiger partial charge in [-0.05, 0) is 48.9 Å². The van der Waals surface area contributed by atoms with Gasteiger partial charge in [-0.3, -0.25) is 0 Å². The highest BCUT2D eigenvalue weighted by atomic mass is 35.5. The van der Waals surface area contributed by atoms with Crippen molar-refractivity contribution in [3.05, 3.63) is 59.1 Å². The van der Waals surface area contributed by atoms with Crippen LogP contribution in [0.15, 0.2) is 48.5 Å². The molecule has 0 saturated heterocycles. The molecule has 1 unspecified atom stereocenters. The number of urea groups is 1. The molecule has 3 N–H and O–H groups in total. The lowest BCUT2D eigenvalue weighted by atomic mass is 10.2. The van der Waals surface area contributed by atoms with Crippen molar-refractivity contribution >= 4 is 29.3 Å². The minimum atomic E-state index is -1.03. The van der Waals surface area contributed by atoms with Gasteiger partial charge in [0.1, 0.15) is 5.75 Å². The number of hydrogen-bond donors (Lipinski definition) is 3. The van der Waals surface area contributed by atoms with E-state index in [1.807, 2.05) is 0 Å². The average molecular weight is 349 g/mol. The highest BCUT2D eigenvalue weighted by molar-refractivity contribution is 6.30. The standard InChI is InChI=1S/C17H17ClN2O4/c1-11(16(21)22)24-15-8-2-12(3-9-15)10-19-17(23)20-14-6-4-13(18)5-7-14/h2-9,11H,10H2,1H3,(H,21,22)(H2,19,20,23). The Morgan fingerprint density at radius 3 is 2.33 bits per heavy atom. The topological polar surface area (TPSA) is 87.7 Å². The fourth-order valence-electron chi connectivity index (χ4n) is 1.83. The molecule has 2 aromatic rings. The third kappa shape index (κ3) is 5.48. The summed E-state index contributed by atoms with van der Waals surface area (Å²) in [6.07, 6.45) is -0.917. The zero-order valence-electron chi connectivity index (χ0n) is 13.0. The molecule has 24 heavy (non-hydrogen) atoms. The number of carboxylic acid groups (broad SMARTS) is 1. The van der Waals surface area contributed by atoms with Gasteiger partial charge in [0.2, 0.25) is 0 Å². The third-order valence-electron chi connectivity index (χ3n) is 3.14. The molecule has 0 aliphatic heterocycles. The van der Waals surface area contributed by atoms with Crippen molar-refractivity contribution in [1.82, 2.24) is 5.32 Å². The van der Waals surface area contributed by atoms with Crippen molar-refractivity contribution in [2.45, 2.75) is 19.6 Å². The summed E-state index contributed by atoms with van der Waals surface area (Å²) < 4.78 is 5.23. The molecule has 7 heteroatoms. The largest absolute Gasteiger partial charge is 0.479 e. The van der Waals surface area contributed by atoms with E-state index >= 15 is 0 Å². The Bertz CT molecular complexity index is 702.